The summed E-state index contributed by atoms with van der Waals surface area (Å²) in [5, 5.41) is 12.2. The lowest BCUT2D eigenvalue weighted by atomic mass is 10.2. The van der Waals surface area contributed by atoms with E-state index in [1.807, 2.05) is 42.5 Å². The Morgan fingerprint density at radius 1 is 1.06 bits per heavy atom. The molecule has 0 aliphatic carbocycles. The molecular weight excluding hydrogens is 264 g/mol. The minimum absolute atomic E-state index is 0.632. The summed E-state index contributed by atoms with van der Waals surface area (Å²) in [6.45, 7) is 0. The Bertz CT molecular complexity index is 529. The van der Waals surface area contributed by atoms with Crippen LogP contribution in [-0.4, -0.2) is 0 Å². The van der Waals surface area contributed by atoms with Crippen molar-refractivity contribution in [2.75, 3.05) is 5.32 Å². The van der Waals surface area contributed by atoms with E-state index in [9.17, 15) is 0 Å². The van der Waals surface area contributed by atoms with Gasteiger partial charge in [-0.2, -0.15) is 5.26 Å². The minimum Gasteiger partial charge on any atom is -0.354 e. The maximum atomic E-state index is 8.98. The van der Waals surface area contributed by atoms with Gasteiger partial charge >= 0.3 is 0 Å². The first-order valence-corrected chi connectivity index (χ1v) is 5.60. The Labute approximate surface area is 103 Å². The van der Waals surface area contributed by atoms with Crippen LogP contribution >= 0.6 is 15.9 Å². The highest BCUT2D eigenvalue weighted by atomic mass is 79.9. The van der Waals surface area contributed by atoms with E-state index in [-0.39, 0.29) is 0 Å². The molecule has 0 heterocycles. The van der Waals surface area contributed by atoms with Gasteiger partial charge in [0.25, 0.3) is 0 Å². The number of nitriles is 1. The highest BCUT2D eigenvalue weighted by Crippen LogP contribution is 2.24. The van der Waals surface area contributed by atoms with Gasteiger partial charge in [0.1, 0.15) is 6.07 Å². The lowest BCUT2D eigenvalue weighted by Crippen LogP contribution is -1.93. The molecule has 0 aliphatic heterocycles. The van der Waals surface area contributed by atoms with E-state index >= 15 is 0 Å². The molecule has 0 amide bonds. The Balaban J connectivity index is 2.35. The van der Waals surface area contributed by atoms with Gasteiger partial charge in [-0.25, -0.2) is 0 Å². The summed E-state index contributed by atoms with van der Waals surface area (Å²) in [6, 6.07) is 17.5. The molecule has 2 nitrogen and oxygen atoms in total. The topological polar surface area (TPSA) is 35.8 Å². The molecule has 1 N–H and O–H groups in total. The molecule has 0 saturated carbocycles. The highest BCUT2D eigenvalue weighted by molar-refractivity contribution is 9.10. The third-order valence-electron chi connectivity index (χ3n) is 2.15. The molecule has 0 unspecified atom stereocenters. The van der Waals surface area contributed by atoms with Crippen molar-refractivity contribution in [3.05, 3.63) is 58.6 Å². The van der Waals surface area contributed by atoms with E-state index in [1.165, 1.54) is 0 Å². The Morgan fingerprint density at radius 2 is 1.81 bits per heavy atom. The average molecular weight is 273 g/mol. The Morgan fingerprint density at radius 3 is 2.50 bits per heavy atom. The number of hydrogen-bond acceptors (Lipinski definition) is 2. The third kappa shape index (κ3) is 2.41. The monoisotopic (exact) mass is 272 g/mol. The maximum absolute atomic E-state index is 8.98. The summed E-state index contributed by atoms with van der Waals surface area (Å²) in [4.78, 5) is 0. The summed E-state index contributed by atoms with van der Waals surface area (Å²) in [5.41, 5.74) is 2.41. The van der Waals surface area contributed by atoms with Crippen molar-refractivity contribution >= 4 is 27.3 Å². The second-order valence-corrected chi connectivity index (χ2v) is 4.21. The summed E-state index contributed by atoms with van der Waals surface area (Å²) in [7, 11) is 0. The van der Waals surface area contributed by atoms with Crippen LogP contribution in [-0.2, 0) is 0 Å². The van der Waals surface area contributed by atoms with Crippen LogP contribution in [0.1, 0.15) is 5.56 Å². The summed E-state index contributed by atoms with van der Waals surface area (Å²) in [5.74, 6) is 0. The second-order valence-electron chi connectivity index (χ2n) is 3.29. The third-order valence-corrected chi connectivity index (χ3v) is 2.65. The minimum atomic E-state index is 0.632. The fourth-order valence-electron chi connectivity index (χ4n) is 1.39. The van der Waals surface area contributed by atoms with Gasteiger partial charge in [-0.3, -0.25) is 0 Å². The van der Waals surface area contributed by atoms with Crippen LogP contribution in [0, 0.1) is 11.3 Å². The zero-order valence-corrected chi connectivity index (χ0v) is 10.0. The maximum Gasteiger partial charge on any atom is 0.101 e. The van der Waals surface area contributed by atoms with Crippen LogP contribution in [0.25, 0.3) is 0 Å². The standard InChI is InChI=1S/C13H9BrN2/c14-11-7-6-10(9-15)13(8-11)16-12-4-2-1-3-5-12/h1-8,16H. The molecule has 0 bridgehead atoms. The van der Waals surface area contributed by atoms with Crippen LogP contribution in [0.15, 0.2) is 53.0 Å². The first kappa shape index (κ1) is 10.7. The lowest BCUT2D eigenvalue weighted by molar-refractivity contribution is 1.45. The number of anilines is 2. The van der Waals surface area contributed by atoms with Gasteiger partial charge in [0.2, 0.25) is 0 Å². The average Bonchev–Trinajstić information content (AvgIpc) is 2.31. The van der Waals surface area contributed by atoms with Crippen molar-refractivity contribution in [1.29, 1.82) is 5.26 Å². The lowest BCUT2D eigenvalue weighted by Gasteiger charge is -2.08. The fraction of sp³-hybridized carbons (Fsp3) is 0. The molecule has 0 aromatic heterocycles. The first-order chi connectivity index (χ1) is 7.79. The summed E-state index contributed by atoms with van der Waals surface area (Å²) < 4.78 is 0.949. The molecule has 16 heavy (non-hydrogen) atoms. The van der Waals surface area contributed by atoms with E-state index < -0.39 is 0 Å². The van der Waals surface area contributed by atoms with Gasteiger partial charge in [0.05, 0.1) is 11.3 Å². The zero-order valence-electron chi connectivity index (χ0n) is 8.44. The number of hydrogen-bond donors (Lipinski definition) is 1. The fourth-order valence-corrected chi connectivity index (χ4v) is 1.76. The van der Waals surface area contributed by atoms with Gasteiger partial charge in [0.15, 0.2) is 0 Å². The number of para-hydroxylation sites is 1. The summed E-state index contributed by atoms with van der Waals surface area (Å²) >= 11 is 3.39. The Hall–Kier alpha value is -1.79. The van der Waals surface area contributed by atoms with E-state index in [0.29, 0.717) is 5.56 Å². The van der Waals surface area contributed by atoms with Gasteiger partial charge < -0.3 is 5.32 Å². The van der Waals surface area contributed by atoms with E-state index in [1.54, 1.807) is 6.07 Å². The quantitative estimate of drug-likeness (QED) is 0.895. The molecule has 2 aromatic carbocycles. The zero-order chi connectivity index (χ0) is 11.4. The van der Waals surface area contributed by atoms with Crippen molar-refractivity contribution in [3.8, 4) is 6.07 Å². The first-order valence-electron chi connectivity index (χ1n) is 4.81. The second kappa shape index (κ2) is 4.82. The van der Waals surface area contributed by atoms with Gasteiger partial charge in [-0.05, 0) is 30.3 Å². The van der Waals surface area contributed by atoms with Gasteiger partial charge in [-0.15, -0.1) is 0 Å². The molecule has 3 heteroatoms. The van der Waals surface area contributed by atoms with Crippen molar-refractivity contribution < 1.29 is 0 Å². The van der Waals surface area contributed by atoms with Crippen molar-refractivity contribution in [1.82, 2.24) is 0 Å². The molecule has 0 spiro atoms. The normalized spacial score (nSPS) is 9.50. The van der Waals surface area contributed by atoms with Crippen molar-refractivity contribution in [3.63, 3.8) is 0 Å². The SMILES string of the molecule is N#Cc1ccc(Br)cc1Nc1ccccc1. The van der Waals surface area contributed by atoms with Crippen LogP contribution in [0.3, 0.4) is 0 Å². The molecule has 0 fully saturated rings. The number of rotatable bonds is 2. The molecule has 0 aliphatic rings. The summed E-state index contributed by atoms with van der Waals surface area (Å²) in [6.07, 6.45) is 0. The largest absolute Gasteiger partial charge is 0.354 e. The molecular formula is C13H9BrN2. The van der Waals surface area contributed by atoms with Crippen LogP contribution < -0.4 is 5.32 Å². The molecule has 0 radical (unpaired) electrons. The predicted molar refractivity (Wildman–Crippen MR) is 68.6 cm³/mol. The van der Waals surface area contributed by atoms with E-state index in [0.717, 1.165) is 15.8 Å². The number of halogens is 1. The smallest absolute Gasteiger partial charge is 0.101 e. The van der Waals surface area contributed by atoms with Crippen molar-refractivity contribution in [2.24, 2.45) is 0 Å². The van der Waals surface area contributed by atoms with E-state index in [4.69, 9.17) is 5.26 Å². The van der Waals surface area contributed by atoms with Gasteiger partial charge in [0, 0.05) is 10.2 Å². The van der Waals surface area contributed by atoms with Crippen LogP contribution in [0.5, 0.6) is 0 Å². The molecule has 78 valence electrons. The molecule has 0 atom stereocenters. The van der Waals surface area contributed by atoms with Gasteiger partial charge in [-0.1, -0.05) is 34.1 Å². The molecule has 2 aromatic rings. The molecule has 2 rings (SSSR count). The number of nitrogens with zero attached hydrogens (tertiary/aromatic N) is 1. The number of benzene rings is 2. The van der Waals surface area contributed by atoms with Crippen LogP contribution in [0.4, 0.5) is 11.4 Å². The predicted octanol–water partition coefficient (Wildman–Crippen LogP) is 4.06. The number of nitrogens with one attached hydrogen (secondary N) is 1. The van der Waals surface area contributed by atoms with E-state index in [2.05, 4.69) is 27.3 Å². The van der Waals surface area contributed by atoms with Crippen LogP contribution in [0.2, 0.25) is 0 Å². The molecule has 0 saturated heterocycles. The highest BCUT2D eigenvalue weighted by Gasteiger charge is 2.02. The Kier molecular flexibility index (Phi) is 3.23. The van der Waals surface area contributed by atoms with Crippen molar-refractivity contribution in [2.45, 2.75) is 0 Å².